The molecule has 1 unspecified atom stereocenters. The van der Waals surface area contributed by atoms with Gasteiger partial charge in [0.05, 0.1) is 5.92 Å². The van der Waals surface area contributed by atoms with Gasteiger partial charge in [0.1, 0.15) is 0 Å². The van der Waals surface area contributed by atoms with Gasteiger partial charge in [-0.05, 0) is 96.1 Å². The second-order valence-electron chi connectivity index (χ2n) is 8.06. The fraction of sp³-hybridized carbons (Fsp3) is 0.957. The molecule has 2 spiro atoms. The van der Waals surface area contributed by atoms with E-state index in [9.17, 15) is 4.79 Å². The predicted octanol–water partition coefficient (Wildman–Crippen LogP) is 5.37. The normalized spacial score (nSPS) is 26.6. The van der Waals surface area contributed by atoms with Gasteiger partial charge in [0.2, 0.25) is 0 Å². The lowest BCUT2D eigenvalue weighted by Gasteiger charge is -2.29. The third kappa shape index (κ3) is 8.11. The van der Waals surface area contributed by atoms with Gasteiger partial charge >= 0.3 is 5.97 Å². The largest absolute Gasteiger partial charge is 0.481 e. The van der Waals surface area contributed by atoms with Crippen LogP contribution in [0.4, 0.5) is 0 Å². The predicted molar refractivity (Wildman–Crippen MR) is 117 cm³/mol. The number of carboxylic acids is 1. The molecule has 0 aromatic rings. The third-order valence-corrected chi connectivity index (χ3v) is 6.48. The Balaban J connectivity index is 0.000000401. The van der Waals surface area contributed by atoms with Crippen molar-refractivity contribution in [1.82, 2.24) is 9.80 Å². The van der Waals surface area contributed by atoms with E-state index in [0.717, 1.165) is 37.8 Å². The van der Waals surface area contributed by atoms with Crippen molar-refractivity contribution in [2.45, 2.75) is 86.5 Å². The van der Waals surface area contributed by atoms with Gasteiger partial charge in [-0.3, -0.25) is 4.79 Å². The molecule has 162 valence electrons. The average molecular weight is 385 g/mol. The van der Waals surface area contributed by atoms with Crippen molar-refractivity contribution >= 4 is 5.97 Å². The summed E-state index contributed by atoms with van der Waals surface area (Å²) in [6.07, 6.45) is 9.10. The van der Waals surface area contributed by atoms with E-state index >= 15 is 0 Å². The Kier molecular flexibility index (Phi) is 12.5. The number of rotatable bonds is 1. The van der Waals surface area contributed by atoms with Gasteiger partial charge < -0.3 is 14.9 Å². The molecular weight excluding hydrogens is 336 g/mol. The molecule has 2 aliphatic heterocycles. The molecule has 1 atom stereocenters. The van der Waals surface area contributed by atoms with E-state index in [0.29, 0.717) is 0 Å². The molecule has 0 radical (unpaired) electrons. The molecule has 2 saturated heterocycles. The summed E-state index contributed by atoms with van der Waals surface area (Å²) < 4.78 is 0. The lowest BCUT2D eigenvalue weighted by molar-refractivity contribution is -0.139. The number of carbonyl (C=O) groups is 1. The first-order chi connectivity index (χ1) is 12.9. The lowest BCUT2D eigenvalue weighted by atomic mass is 9.91. The molecule has 4 fully saturated rings. The number of hydrogen-bond acceptors (Lipinski definition) is 3. The Morgan fingerprint density at radius 1 is 0.741 bits per heavy atom. The summed E-state index contributed by atoms with van der Waals surface area (Å²) in [5.41, 5.74) is 1.07. The van der Waals surface area contributed by atoms with Crippen LogP contribution < -0.4 is 0 Å². The van der Waals surface area contributed by atoms with Gasteiger partial charge in [0.25, 0.3) is 0 Å². The van der Waals surface area contributed by atoms with Crippen LogP contribution in [0.25, 0.3) is 0 Å². The maximum absolute atomic E-state index is 10.7. The van der Waals surface area contributed by atoms with E-state index in [2.05, 4.69) is 23.9 Å². The van der Waals surface area contributed by atoms with Crippen molar-refractivity contribution in [3.63, 3.8) is 0 Å². The minimum absolute atomic E-state index is 0.0220. The summed E-state index contributed by atoms with van der Waals surface area (Å²) in [5, 5.41) is 8.82. The van der Waals surface area contributed by atoms with Crippen LogP contribution in [0.3, 0.4) is 0 Å². The first-order valence-corrected chi connectivity index (χ1v) is 11.5. The highest BCUT2D eigenvalue weighted by Crippen LogP contribution is 2.59. The van der Waals surface area contributed by atoms with E-state index in [1.165, 1.54) is 38.8 Å². The van der Waals surface area contributed by atoms with Crippen molar-refractivity contribution in [2.24, 2.45) is 16.7 Å². The molecule has 4 aliphatic rings. The quantitative estimate of drug-likeness (QED) is 0.660. The van der Waals surface area contributed by atoms with E-state index in [1.54, 1.807) is 0 Å². The van der Waals surface area contributed by atoms with Crippen molar-refractivity contribution in [1.29, 1.82) is 0 Å². The molecule has 0 bridgehead atoms. The Bertz CT molecular complexity index is 389. The Hall–Kier alpha value is -0.610. The minimum atomic E-state index is -0.584. The number of nitrogens with zero attached hydrogens (tertiary/aromatic N) is 2. The molecule has 4 nitrogen and oxygen atoms in total. The molecular formula is C23H48N2O2. The highest BCUT2D eigenvalue weighted by Gasteiger charge is 2.58. The number of hydrogen-bond donors (Lipinski definition) is 1. The summed E-state index contributed by atoms with van der Waals surface area (Å²) in [5.74, 6) is -0.606. The van der Waals surface area contributed by atoms with Gasteiger partial charge in [-0.15, -0.1) is 0 Å². The van der Waals surface area contributed by atoms with Crippen LogP contribution in [0.1, 0.15) is 86.5 Å². The molecule has 4 rings (SSSR count). The monoisotopic (exact) mass is 384 g/mol. The van der Waals surface area contributed by atoms with Gasteiger partial charge in [-0.1, -0.05) is 41.5 Å². The van der Waals surface area contributed by atoms with Crippen LogP contribution in [0.15, 0.2) is 0 Å². The van der Waals surface area contributed by atoms with Gasteiger partial charge in [0, 0.05) is 0 Å². The summed E-state index contributed by atoms with van der Waals surface area (Å²) >= 11 is 0. The van der Waals surface area contributed by atoms with Gasteiger partial charge in [-0.2, -0.15) is 0 Å². The SMILES string of the molecule is CC.CC.CC.CN1CCC2(CC1)CC2.CN1CCC2(CC1)CC2C(=O)O. The van der Waals surface area contributed by atoms with Crippen molar-refractivity contribution < 1.29 is 9.90 Å². The maximum atomic E-state index is 10.7. The molecule has 0 aromatic carbocycles. The average Bonchev–Trinajstić information content (AvgIpc) is 3.63. The molecule has 2 aliphatic carbocycles. The van der Waals surface area contributed by atoms with E-state index in [1.807, 2.05) is 41.5 Å². The smallest absolute Gasteiger partial charge is 0.307 e. The molecule has 2 heterocycles. The topological polar surface area (TPSA) is 43.8 Å². The van der Waals surface area contributed by atoms with Crippen LogP contribution >= 0.6 is 0 Å². The first kappa shape index (κ1) is 26.4. The van der Waals surface area contributed by atoms with Crippen LogP contribution in [-0.4, -0.2) is 61.2 Å². The van der Waals surface area contributed by atoms with Crippen LogP contribution in [0, 0.1) is 16.7 Å². The molecule has 4 heteroatoms. The van der Waals surface area contributed by atoms with Crippen molar-refractivity contribution in [3.8, 4) is 0 Å². The van der Waals surface area contributed by atoms with Crippen molar-refractivity contribution in [2.75, 3.05) is 40.3 Å². The molecule has 0 amide bonds. The Morgan fingerprint density at radius 2 is 1.11 bits per heavy atom. The standard InChI is InChI=1S/C9H15NO2.C8H15N.3C2H6/c1-10-4-2-9(3-5-10)6-7(9)8(11)12;1-9-6-4-8(2-3-8)5-7-9;3*1-2/h7H,2-6H2,1H3,(H,11,12);2-7H2,1H3;3*1-2H3. The van der Waals surface area contributed by atoms with Gasteiger partial charge in [0.15, 0.2) is 0 Å². The third-order valence-electron chi connectivity index (χ3n) is 6.48. The van der Waals surface area contributed by atoms with E-state index in [4.69, 9.17) is 5.11 Å². The summed E-state index contributed by atoms with van der Waals surface area (Å²) in [6, 6.07) is 0. The second kappa shape index (κ2) is 12.8. The Morgan fingerprint density at radius 3 is 1.41 bits per heavy atom. The molecule has 2 saturated carbocycles. The Labute approximate surface area is 169 Å². The lowest BCUT2D eigenvalue weighted by Crippen LogP contribution is -2.32. The maximum Gasteiger partial charge on any atom is 0.307 e. The van der Waals surface area contributed by atoms with Crippen LogP contribution in [-0.2, 0) is 4.79 Å². The number of aliphatic carboxylic acids is 1. The summed E-state index contributed by atoms with van der Waals surface area (Å²) in [4.78, 5) is 15.4. The van der Waals surface area contributed by atoms with Crippen molar-refractivity contribution in [3.05, 3.63) is 0 Å². The zero-order chi connectivity index (χ0) is 21.1. The van der Waals surface area contributed by atoms with E-state index in [-0.39, 0.29) is 11.3 Å². The second-order valence-corrected chi connectivity index (χ2v) is 8.06. The highest BCUT2D eigenvalue weighted by atomic mass is 16.4. The number of carboxylic acid groups (broad SMARTS) is 1. The van der Waals surface area contributed by atoms with Gasteiger partial charge in [-0.25, -0.2) is 0 Å². The van der Waals surface area contributed by atoms with E-state index < -0.39 is 5.97 Å². The number of piperidine rings is 2. The number of likely N-dealkylation sites (tertiary alicyclic amines) is 2. The minimum Gasteiger partial charge on any atom is -0.481 e. The fourth-order valence-electron chi connectivity index (χ4n) is 4.08. The zero-order valence-electron chi connectivity index (χ0n) is 19.6. The zero-order valence-corrected chi connectivity index (χ0v) is 19.6. The molecule has 27 heavy (non-hydrogen) atoms. The summed E-state index contributed by atoms with van der Waals surface area (Å²) in [7, 11) is 4.33. The summed E-state index contributed by atoms with van der Waals surface area (Å²) in [6.45, 7) is 16.8. The molecule has 0 aromatic heterocycles. The first-order valence-electron chi connectivity index (χ1n) is 11.5. The van der Waals surface area contributed by atoms with Crippen LogP contribution in [0.5, 0.6) is 0 Å². The molecule has 1 N–H and O–H groups in total. The van der Waals surface area contributed by atoms with Crippen LogP contribution in [0.2, 0.25) is 0 Å². The fourth-order valence-corrected chi connectivity index (χ4v) is 4.08. The highest BCUT2D eigenvalue weighted by molar-refractivity contribution is 5.74.